The molecular formula is C29H30ClFN6O2S. The maximum Gasteiger partial charge on any atom is 0.235 e. The van der Waals surface area contributed by atoms with Gasteiger partial charge < -0.3 is 10.2 Å². The van der Waals surface area contributed by atoms with E-state index in [2.05, 4.69) is 32.1 Å². The van der Waals surface area contributed by atoms with Crippen LogP contribution in [0.2, 0.25) is 5.02 Å². The maximum atomic E-state index is 16.1. The zero-order chi connectivity index (χ0) is 27.7. The molecule has 1 aliphatic heterocycles. The van der Waals surface area contributed by atoms with Gasteiger partial charge in [0, 0.05) is 72.2 Å². The van der Waals surface area contributed by atoms with Gasteiger partial charge in [0.25, 0.3) is 0 Å². The molecule has 8 nitrogen and oxygen atoms in total. The average molecular weight is 581 g/mol. The molecule has 0 atom stereocenters. The van der Waals surface area contributed by atoms with Crippen LogP contribution in [0, 0.1) is 5.82 Å². The SMILES string of the molecule is O=S(=O)(Nc1cc(Cl)cc(-c2cn(-c3ccc(N4CCNCC4)cc3)nc2-c2ccncc2)c1F)C1CCCC1. The minimum atomic E-state index is -3.75. The second-order valence-corrected chi connectivity index (χ2v) is 12.6. The topological polar surface area (TPSA) is 92.2 Å². The summed E-state index contributed by atoms with van der Waals surface area (Å²) in [6.45, 7) is 3.78. The predicted molar refractivity (Wildman–Crippen MR) is 157 cm³/mol. The monoisotopic (exact) mass is 580 g/mol. The molecule has 1 aliphatic carbocycles. The van der Waals surface area contributed by atoms with Crippen molar-refractivity contribution in [3.8, 4) is 28.1 Å². The Morgan fingerprint density at radius 2 is 1.62 bits per heavy atom. The predicted octanol–water partition coefficient (Wildman–Crippen LogP) is 5.49. The normalized spacial score (nSPS) is 16.4. The number of pyridine rings is 1. The van der Waals surface area contributed by atoms with Crippen LogP contribution in [0.1, 0.15) is 25.7 Å². The summed E-state index contributed by atoms with van der Waals surface area (Å²) in [5.41, 5.74) is 3.69. The van der Waals surface area contributed by atoms with Crippen molar-refractivity contribution >= 4 is 33.0 Å². The first-order valence-electron chi connectivity index (χ1n) is 13.5. The smallest absolute Gasteiger partial charge is 0.235 e. The van der Waals surface area contributed by atoms with E-state index in [9.17, 15) is 8.42 Å². The van der Waals surface area contributed by atoms with Crippen LogP contribution >= 0.6 is 11.6 Å². The van der Waals surface area contributed by atoms with Crippen LogP contribution in [-0.4, -0.2) is 54.6 Å². The lowest BCUT2D eigenvalue weighted by atomic mass is 10.0. The Kier molecular flexibility index (Phi) is 7.48. The lowest BCUT2D eigenvalue weighted by molar-refractivity contribution is 0.583. The number of nitrogens with zero attached hydrogens (tertiary/aromatic N) is 4. The average Bonchev–Trinajstić information content (AvgIpc) is 3.68. The molecular weight excluding hydrogens is 551 g/mol. The van der Waals surface area contributed by atoms with Crippen molar-refractivity contribution in [1.29, 1.82) is 0 Å². The molecule has 1 saturated heterocycles. The van der Waals surface area contributed by atoms with E-state index in [4.69, 9.17) is 16.7 Å². The highest BCUT2D eigenvalue weighted by molar-refractivity contribution is 7.93. The van der Waals surface area contributed by atoms with Crippen LogP contribution in [0.4, 0.5) is 15.8 Å². The molecule has 3 heterocycles. The van der Waals surface area contributed by atoms with Gasteiger partial charge >= 0.3 is 0 Å². The number of rotatable bonds is 7. The fourth-order valence-electron chi connectivity index (χ4n) is 5.46. The molecule has 0 bridgehead atoms. The molecule has 2 aliphatic rings. The van der Waals surface area contributed by atoms with Crippen LogP contribution in [0.15, 0.2) is 67.1 Å². The largest absolute Gasteiger partial charge is 0.369 e. The number of benzene rings is 2. The van der Waals surface area contributed by atoms with Gasteiger partial charge in [0.2, 0.25) is 10.0 Å². The molecule has 0 amide bonds. The number of nitrogens with one attached hydrogen (secondary N) is 2. The number of hydrogen-bond donors (Lipinski definition) is 2. The van der Waals surface area contributed by atoms with Gasteiger partial charge in [-0.2, -0.15) is 5.10 Å². The molecule has 1 saturated carbocycles. The second kappa shape index (κ2) is 11.2. The Morgan fingerprint density at radius 3 is 2.33 bits per heavy atom. The van der Waals surface area contributed by atoms with Crippen LogP contribution < -0.4 is 14.9 Å². The third-order valence-electron chi connectivity index (χ3n) is 7.59. The highest BCUT2D eigenvalue weighted by Gasteiger charge is 2.30. The van der Waals surface area contributed by atoms with Gasteiger partial charge in [0.1, 0.15) is 5.69 Å². The van der Waals surface area contributed by atoms with Crippen molar-refractivity contribution in [2.24, 2.45) is 0 Å². The van der Waals surface area contributed by atoms with Gasteiger partial charge in [0.05, 0.1) is 16.6 Å². The van der Waals surface area contributed by atoms with Crippen LogP contribution in [0.5, 0.6) is 0 Å². The zero-order valence-corrected chi connectivity index (χ0v) is 23.4. The van der Waals surface area contributed by atoms with Gasteiger partial charge in [0.15, 0.2) is 5.82 Å². The van der Waals surface area contributed by atoms with Crippen LogP contribution in [0.3, 0.4) is 0 Å². The lowest BCUT2D eigenvalue weighted by Crippen LogP contribution is -2.43. The van der Waals surface area contributed by atoms with E-state index in [0.29, 0.717) is 24.1 Å². The lowest BCUT2D eigenvalue weighted by Gasteiger charge is -2.29. The first kappa shape index (κ1) is 26.7. The fourth-order valence-corrected chi connectivity index (χ4v) is 7.25. The molecule has 11 heteroatoms. The first-order chi connectivity index (χ1) is 19.4. The Labute approximate surface area is 238 Å². The number of sulfonamides is 1. The highest BCUT2D eigenvalue weighted by atomic mass is 35.5. The van der Waals surface area contributed by atoms with Crippen molar-refractivity contribution in [2.45, 2.75) is 30.9 Å². The third kappa shape index (κ3) is 5.43. The van der Waals surface area contributed by atoms with Crippen molar-refractivity contribution in [3.05, 3.63) is 78.0 Å². The van der Waals surface area contributed by atoms with E-state index in [1.54, 1.807) is 35.4 Å². The molecule has 2 aromatic heterocycles. The molecule has 0 spiro atoms. The standard InChI is InChI=1S/C29H30ClFN6O2S/c30-21-17-25(28(31)27(18-21)35-40(38,39)24-3-1-2-4-24)26-19-37(34-29(26)20-9-11-32-12-10-20)23-7-5-22(6-8-23)36-15-13-33-14-16-36/h5-12,17-19,24,33,35H,1-4,13-16H2. The first-order valence-corrected chi connectivity index (χ1v) is 15.4. The van der Waals surface area contributed by atoms with E-state index >= 15 is 4.39 Å². The molecule has 4 aromatic rings. The zero-order valence-electron chi connectivity index (χ0n) is 21.9. The van der Waals surface area contributed by atoms with Crippen LogP contribution in [-0.2, 0) is 10.0 Å². The van der Waals surface area contributed by atoms with Gasteiger partial charge in [-0.1, -0.05) is 24.4 Å². The summed E-state index contributed by atoms with van der Waals surface area (Å²) in [6, 6.07) is 14.5. The summed E-state index contributed by atoms with van der Waals surface area (Å²) in [4.78, 5) is 6.43. The van der Waals surface area contributed by atoms with Gasteiger partial charge in [-0.25, -0.2) is 17.5 Å². The number of aromatic nitrogens is 3. The minimum Gasteiger partial charge on any atom is -0.369 e. The van der Waals surface area contributed by atoms with Crippen LogP contribution in [0.25, 0.3) is 28.1 Å². The second-order valence-electron chi connectivity index (χ2n) is 10.2. The van der Waals surface area contributed by atoms with E-state index < -0.39 is 21.1 Å². The molecule has 0 radical (unpaired) electrons. The number of piperazine rings is 1. The van der Waals surface area contributed by atoms with E-state index in [1.165, 1.54) is 12.1 Å². The third-order valence-corrected chi connectivity index (χ3v) is 9.66. The summed E-state index contributed by atoms with van der Waals surface area (Å²) in [5, 5.41) is 7.87. The molecule has 2 fully saturated rings. The minimum absolute atomic E-state index is 0.159. The van der Waals surface area contributed by atoms with Crippen molar-refractivity contribution < 1.29 is 12.8 Å². The molecule has 2 N–H and O–H groups in total. The number of anilines is 2. The Hall–Kier alpha value is -3.47. The van der Waals surface area contributed by atoms with E-state index in [1.807, 2.05) is 12.1 Å². The fraction of sp³-hybridized carbons (Fsp3) is 0.310. The molecule has 0 unspecified atom stereocenters. The van der Waals surface area contributed by atoms with Crippen molar-refractivity contribution in [1.82, 2.24) is 20.1 Å². The van der Waals surface area contributed by atoms with Crippen molar-refractivity contribution in [3.63, 3.8) is 0 Å². The molecule has 6 rings (SSSR count). The van der Waals surface area contributed by atoms with Crippen molar-refractivity contribution in [2.75, 3.05) is 35.8 Å². The maximum absolute atomic E-state index is 16.1. The molecule has 40 heavy (non-hydrogen) atoms. The van der Waals surface area contributed by atoms with Gasteiger partial charge in [-0.3, -0.25) is 9.71 Å². The molecule has 2 aromatic carbocycles. The Morgan fingerprint density at radius 1 is 0.950 bits per heavy atom. The highest BCUT2D eigenvalue weighted by Crippen LogP contribution is 2.38. The summed E-state index contributed by atoms with van der Waals surface area (Å²) >= 11 is 6.43. The quantitative estimate of drug-likeness (QED) is 0.300. The summed E-state index contributed by atoms with van der Waals surface area (Å²) in [6.07, 6.45) is 7.87. The van der Waals surface area contributed by atoms with E-state index in [0.717, 1.165) is 56.0 Å². The Bertz CT molecular complexity index is 1600. The number of hydrogen-bond acceptors (Lipinski definition) is 6. The molecule has 208 valence electrons. The summed E-state index contributed by atoms with van der Waals surface area (Å²) in [5.74, 6) is -0.699. The van der Waals surface area contributed by atoms with Gasteiger partial charge in [-0.15, -0.1) is 0 Å². The van der Waals surface area contributed by atoms with E-state index in [-0.39, 0.29) is 16.3 Å². The van der Waals surface area contributed by atoms with Gasteiger partial charge in [-0.05, 0) is 61.4 Å². The Balaban J connectivity index is 1.40. The summed E-state index contributed by atoms with van der Waals surface area (Å²) in [7, 11) is -3.75. The summed E-state index contributed by atoms with van der Waals surface area (Å²) < 4.78 is 46.2. The number of halogens is 2.